The summed E-state index contributed by atoms with van der Waals surface area (Å²) in [6.45, 7) is -0.612. The molecule has 4 rings (SSSR count). The molecule has 3 heterocycles. The van der Waals surface area contributed by atoms with Gasteiger partial charge in [-0.1, -0.05) is 6.07 Å². The van der Waals surface area contributed by atoms with Gasteiger partial charge in [-0.15, -0.1) is 0 Å². The lowest BCUT2D eigenvalue weighted by molar-refractivity contribution is -0.194. The standard InChI is InChI=1S/C18H17F2N3O3/c1-24-13-6-12(8-22-9-13)11-2-3-15-14(7-11)17(4-5-25-15)18(19,20)10-23-16(21)26-17/h2-3,6-9H,4-5,10H2,1H3,(H2,21,23)/t17-/m1/s1. The Morgan fingerprint density at radius 3 is 2.85 bits per heavy atom. The molecule has 6 nitrogen and oxygen atoms in total. The fraction of sp³-hybridized carbons (Fsp3) is 0.333. The maximum atomic E-state index is 14.9. The smallest absolute Gasteiger partial charge is 0.310 e. The number of pyridine rings is 1. The fourth-order valence-electron chi connectivity index (χ4n) is 3.35. The van der Waals surface area contributed by atoms with Crippen molar-refractivity contribution in [3.63, 3.8) is 0 Å². The summed E-state index contributed by atoms with van der Waals surface area (Å²) in [6, 6.07) is 6.62. The van der Waals surface area contributed by atoms with Crippen molar-refractivity contribution < 1.29 is 23.0 Å². The number of halogens is 2. The van der Waals surface area contributed by atoms with Crippen LogP contribution < -0.4 is 15.2 Å². The summed E-state index contributed by atoms with van der Waals surface area (Å²) in [5, 5.41) is 0. The van der Waals surface area contributed by atoms with Crippen LogP contribution in [0.15, 0.2) is 41.7 Å². The van der Waals surface area contributed by atoms with E-state index in [4.69, 9.17) is 19.9 Å². The highest BCUT2D eigenvalue weighted by Crippen LogP contribution is 2.51. The molecule has 8 heteroatoms. The molecule has 2 aromatic rings. The SMILES string of the molecule is COc1cncc(-c2ccc3c(c2)[C@@]2(CCO3)OC(N)=NCC2(F)F)c1. The van der Waals surface area contributed by atoms with E-state index in [9.17, 15) is 8.78 Å². The summed E-state index contributed by atoms with van der Waals surface area (Å²) in [4.78, 5) is 7.68. The molecular weight excluding hydrogens is 344 g/mol. The van der Waals surface area contributed by atoms with Crippen molar-refractivity contribution in [2.75, 3.05) is 20.3 Å². The molecule has 0 saturated carbocycles. The Hall–Kier alpha value is -2.90. The van der Waals surface area contributed by atoms with E-state index >= 15 is 0 Å². The van der Waals surface area contributed by atoms with E-state index in [0.717, 1.165) is 5.56 Å². The molecule has 0 amide bonds. The van der Waals surface area contributed by atoms with Gasteiger partial charge in [0, 0.05) is 23.7 Å². The van der Waals surface area contributed by atoms with Gasteiger partial charge in [0.1, 0.15) is 18.0 Å². The second-order valence-corrected chi connectivity index (χ2v) is 6.21. The summed E-state index contributed by atoms with van der Waals surface area (Å²) >= 11 is 0. The molecule has 2 aliphatic rings. The van der Waals surface area contributed by atoms with E-state index < -0.39 is 18.1 Å². The maximum Gasteiger partial charge on any atom is 0.310 e. The number of aromatic nitrogens is 1. The normalized spacial score (nSPS) is 23.4. The van der Waals surface area contributed by atoms with Crippen molar-refractivity contribution in [2.24, 2.45) is 10.7 Å². The van der Waals surface area contributed by atoms with Gasteiger partial charge in [-0.2, -0.15) is 8.78 Å². The Morgan fingerprint density at radius 1 is 1.19 bits per heavy atom. The van der Waals surface area contributed by atoms with E-state index in [1.807, 2.05) is 0 Å². The second kappa shape index (κ2) is 5.82. The van der Waals surface area contributed by atoms with E-state index in [-0.39, 0.29) is 24.6 Å². The number of alkyl halides is 2. The van der Waals surface area contributed by atoms with Crippen LogP contribution in [0.4, 0.5) is 8.78 Å². The molecule has 0 bridgehead atoms. The number of hydrogen-bond donors (Lipinski definition) is 1. The molecule has 1 aromatic carbocycles. The number of nitrogens with two attached hydrogens (primary N) is 1. The van der Waals surface area contributed by atoms with Gasteiger partial charge in [-0.05, 0) is 23.8 Å². The molecule has 2 aliphatic heterocycles. The summed E-state index contributed by atoms with van der Waals surface area (Å²) in [7, 11) is 1.54. The number of amidine groups is 1. The Morgan fingerprint density at radius 2 is 2.04 bits per heavy atom. The van der Waals surface area contributed by atoms with Crippen molar-refractivity contribution in [3.05, 3.63) is 42.2 Å². The number of fused-ring (bicyclic) bond motifs is 2. The van der Waals surface area contributed by atoms with Crippen LogP contribution in [-0.4, -0.2) is 37.2 Å². The average molecular weight is 361 g/mol. The predicted molar refractivity (Wildman–Crippen MR) is 90.5 cm³/mol. The van der Waals surface area contributed by atoms with Gasteiger partial charge in [0.05, 0.1) is 19.9 Å². The first-order valence-electron chi connectivity index (χ1n) is 8.09. The fourth-order valence-corrected chi connectivity index (χ4v) is 3.35. The van der Waals surface area contributed by atoms with Crippen LogP contribution in [0, 0.1) is 0 Å². The van der Waals surface area contributed by atoms with E-state index in [1.165, 1.54) is 7.11 Å². The van der Waals surface area contributed by atoms with Crippen molar-refractivity contribution >= 4 is 6.02 Å². The van der Waals surface area contributed by atoms with Gasteiger partial charge in [0.2, 0.25) is 5.60 Å². The van der Waals surface area contributed by atoms with Gasteiger partial charge in [-0.25, -0.2) is 4.99 Å². The van der Waals surface area contributed by atoms with E-state index in [0.29, 0.717) is 17.1 Å². The van der Waals surface area contributed by atoms with Crippen LogP contribution >= 0.6 is 0 Å². The summed E-state index contributed by atoms with van der Waals surface area (Å²) in [5.41, 5.74) is 5.42. The van der Waals surface area contributed by atoms with Crippen molar-refractivity contribution in [1.82, 2.24) is 4.98 Å². The molecule has 0 unspecified atom stereocenters. The highest BCUT2D eigenvalue weighted by atomic mass is 19.3. The second-order valence-electron chi connectivity index (χ2n) is 6.21. The lowest BCUT2D eigenvalue weighted by Gasteiger charge is -2.44. The van der Waals surface area contributed by atoms with Gasteiger partial charge >= 0.3 is 5.92 Å². The monoisotopic (exact) mass is 361 g/mol. The number of rotatable bonds is 2. The largest absolute Gasteiger partial charge is 0.495 e. The Labute approximate surface area is 148 Å². The van der Waals surface area contributed by atoms with Crippen LogP contribution in [0.5, 0.6) is 11.5 Å². The van der Waals surface area contributed by atoms with Crippen LogP contribution in [0.2, 0.25) is 0 Å². The van der Waals surface area contributed by atoms with Crippen LogP contribution in [0.25, 0.3) is 11.1 Å². The molecule has 1 atom stereocenters. The van der Waals surface area contributed by atoms with Crippen LogP contribution in [-0.2, 0) is 10.3 Å². The van der Waals surface area contributed by atoms with E-state index in [2.05, 4.69) is 9.98 Å². The molecule has 0 radical (unpaired) electrons. The minimum Gasteiger partial charge on any atom is -0.495 e. The average Bonchev–Trinajstić information content (AvgIpc) is 2.65. The molecule has 26 heavy (non-hydrogen) atoms. The first-order valence-corrected chi connectivity index (χ1v) is 8.09. The topological polar surface area (TPSA) is 79.0 Å². The highest BCUT2D eigenvalue weighted by Gasteiger charge is 2.61. The lowest BCUT2D eigenvalue weighted by Crippen LogP contribution is -2.57. The number of nitrogens with zero attached hydrogens (tertiary/aromatic N) is 2. The van der Waals surface area contributed by atoms with Crippen molar-refractivity contribution in [1.29, 1.82) is 0 Å². The zero-order valence-electron chi connectivity index (χ0n) is 14.0. The Balaban J connectivity index is 1.86. The first kappa shape index (κ1) is 16.6. The number of methoxy groups -OCH3 is 1. The first-order chi connectivity index (χ1) is 12.4. The highest BCUT2D eigenvalue weighted by molar-refractivity contribution is 5.74. The Bertz CT molecular complexity index is 888. The Kier molecular flexibility index (Phi) is 3.71. The third-order valence-electron chi connectivity index (χ3n) is 4.71. The number of ether oxygens (including phenoxy) is 3. The molecule has 1 aromatic heterocycles. The predicted octanol–water partition coefficient (Wildman–Crippen LogP) is 2.72. The minimum absolute atomic E-state index is 0.0248. The van der Waals surface area contributed by atoms with Gasteiger partial charge in [0.25, 0.3) is 6.02 Å². The molecule has 1 spiro atoms. The van der Waals surface area contributed by atoms with E-state index in [1.54, 1.807) is 36.7 Å². The summed E-state index contributed by atoms with van der Waals surface area (Å²) in [6.07, 6.45) is 3.18. The molecule has 136 valence electrons. The number of benzene rings is 1. The quantitative estimate of drug-likeness (QED) is 0.890. The van der Waals surface area contributed by atoms with Gasteiger partial charge in [0.15, 0.2) is 0 Å². The van der Waals surface area contributed by atoms with Crippen LogP contribution in [0.1, 0.15) is 12.0 Å². The summed E-state index contributed by atoms with van der Waals surface area (Å²) in [5.74, 6) is -2.29. The minimum atomic E-state index is -3.21. The van der Waals surface area contributed by atoms with Gasteiger partial charge < -0.3 is 19.9 Å². The molecule has 0 saturated heterocycles. The zero-order chi connectivity index (χ0) is 18.4. The number of hydrogen-bond acceptors (Lipinski definition) is 6. The lowest BCUT2D eigenvalue weighted by atomic mass is 9.80. The molecule has 2 N–H and O–H groups in total. The zero-order valence-corrected chi connectivity index (χ0v) is 14.0. The molecular formula is C18H17F2N3O3. The molecule has 0 fully saturated rings. The third-order valence-corrected chi connectivity index (χ3v) is 4.71. The van der Waals surface area contributed by atoms with Gasteiger partial charge in [-0.3, -0.25) is 4.98 Å². The number of aliphatic imine (C=N–C) groups is 1. The third kappa shape index (κ3) is 2.44. The van der Waals surface area contributed by atoms with Crippen LogP contribution in [0.3, 0.4) is 0 Å². The maximum absolute atomic E-state index is 14.9. The van der Waals surface area contributed by atoms with Crippen molar-refractivity contribution in [2.45, 2.75) is 17.9 Å². The van der Waals surface area contributed by atoms with Crippen molar-refractivity contribution in [3.8, 4) is 22.6 Å². The summed E-state index contributed by atoms with van der Waals surface area (Å²) < 4.78 is 46.0. The molecule has 0 aliphatic carbocycles.